The summed E-state index contributed by atoms with van der Waals surface area (Å²) >= 11 is 5.55. The number of aldehydes is 1. The predicted molar refractivity (Wildman–Crippen MR) is 41.9 cm³/mol. The van der Waals surface area contributed by atoms with Crippen LogP contribution in [-0.4, -0.2) is 25.1 Å². The average molecular weight is 201 g/mol. The Balaban J connectivity index is 4.77. The van der Waals surface area contributed by atoms with Crippen molar-refractivity contribution in [2.75, 3.05) is 14.2 Å². The number of halogens is 1. The van der Waals surface area contributed by atoms with E-state index in [0.29, 0.717) is 6.29 Å². The van der Waals surface area contributed by atoms with E-state index in [1.807, 2.05) is 0 Å². The third kappa shape index (κ3) is 2.03. The van der Waals surface area contributed by atoms with Gasteiger partial charge in [-0.3, -0.25) is 4.57 Å². The summed E-state index contributed by atoms with van der Waals surface area (Å²) in [7, 11) is -1.14. The first-order chi connectivity index (χ1) is 4.93. The van der Waals surface area contributed by atoms with Crippen LogP contribution in [0.4, 0.5) is 0 Å². The highest BCUT2D eigenvalue weighted by Gasteiger charge is 2.44. The zero-order valence-electron chi connectivity index (χ0n) is 6.54. The topological polar surface area (TPSA) is 52.6 Å². The minimum atomic E-state index is -3.49. The molecule has 66 valence electrons. The number of carbonyl (C=O) groups is 1. The van der Waals surface area contributed by atoms with Crippen molar-refractivity contribution in [2.45, 2.75) is 11.5 Å². The van der Waals surface area contributed by atoms with Gasteiger partial charge in [0.15, 0.2) is 10.9 Å². The second-order valence-electron chi connectivity index (χ2n) is 2.00. The van der Waals surface area contributed by atoms with Crippen LogP contribution in [0.5, 0.6) is 0 Å². The van der Waals surface area contributed by atoms with Crippen molar-refractivity contribution in [1.29, 1.82) is 0 Å². The number of rotatable bonds is 4. The van der Waals surface area contributed by atoms with Crippen molar-refractivity contribution >= 4 is 25.5 Å². The van der Waals surface area contributed by atoms with Crippen LogP contribution in [0, 0.1) is 0 Å². The Morgan fingerprint density at radius 3 is 1.91 bits per heavy atom. The summed E-state index contributed by atoms with van der Waals surface area (Å²) in [6, 6.07) is 0. The van der Waals surface area contributed by atoms with Gasteiger partial charge in [0.1, 0.15) is 0 Å². The van der Waals surface area contributed by atoms with Crippen molar-refractivity contribution in [1.82, 2.24) is 0 Å². The molecule has 0 spiro atoms. The molecule has 0 bridgehead atoms. The second kappa shape index (κ2) is 3.68. The van der Waals surface area contributed by atoms with Crippen molar-refractivity contribution in [2.24, 2.45) is 0 Å². The van der Waals surface area contributed by atoms with E-state index in [1.165, 1.54) is 21.1 Å². The number of hydrogen-bond acceptors (Lipinski definition) is 4. The van der Waals surface area contributed by atoms with Crippen LogP contribution < -0.4 is 0 Å². The molecule has 11 heavy (non-hydrogen) atoms. The largest absolute Gasteiger partial charge is 0.357 e. The number of alkyl halides is 1. The Bertz CT molecular complexity index is 183. The molecule has 0 aromatic carbocycles. The summed E-state index contributed by atoms with van der Waals surface area (Å²) in [4.78, 5) is 10.3. The Labute approximate surface area is 70.4 Å². The molecule has 0 aromatic heterocycles. The van der Waals surface area contributed by atoms with Crippen LogP contribution in [0.2, 0.25) is 0 Å². The van der Waals surface area contributed by atoms with E-state index in [4.69, 9.17) is 11.6 Å². The third-order valence-electron chi connectivity index (χ3n) is 1.23. The maximum absolute atomic E-state index is 11.4. The highest BCUT2D eigenvalue weighted by Crippen LogP contribution is 2.59. The van der Waals surface area contributed by atoms with E-state index in [9.17, 15) is 9.36 Å². The fourth-order valence-corrected chi connectivity index (χ4v) is 1.90. The quantitative estimate of drug-likeness (QED) is 0.393. The van der Waals surface area contributed by atoms with Gasteiger partial charge in [0.2, 0.25) is 0 Å². The van der Waals surface area contributed by atoms with Gasteiger partial charge in [-0.25, -0.2) is 0 Å². The lowest BCUT2D eigenvalue weighted by molar-refractivity contribution is -0.108. The van der Waals surface area contributed by atoms with Crippen molar-refractivity contribution in [3.05, 3.63) is 0 Å². The fourth-order valence-electron chi connectivity index (χ4n) is 0.496. The van der Waals surface area contributed by atoms with E-state index >= 15 is 0 Å². The van der Waals surface area contributed by atoms with Gasteiger partial charge in [-0.1, -0.05) is 11.6 Å². The number of hydrogen-bond donors (Lipinski definition) is 0. The van der Waals surface area contributed by atoms with Gasteiger partial charge in [-0.2, -0.15) is 0 Å². The minimum absolute atomic E-state index is 0.336. The Morgan fingerprint density at radius 2 is 1.82 bits per heavy atom. The molecule has 0 rings (SSSR count). The fraction of sp³-hybridized carbons (Fsp3) is 0.800. The molecule has 0 aromatic rings. The van der Waals surface area contributed by atoms with Crippen LogP contribution in [-0.2, 0) is 18.4 Å². The summed E-state index contributed by atoms with van der Waals surface area (Å²) in [5.41, 5.74) is 0. The summed E-state index contributed by atoms with van der Waals surface area (Å²) in [6.45, 7) is 1.27. The zero-order valence-corrected chi connectivity index (χ0v) is 8.19. The molecule has 6 heteroatoms. The highest BCUT2D eigenvalue weighted by molar-refractivity contribution is 7.58. The van der Waals surface area contributed by atoms with Crippen LogP contribution in [0.15, 0.2) is 0 Å². The smallest absolute Gasteiger partial charge is 0.310 e. The van der Waals surface area contributed by atoms with E-state index in [1.54, 1.807) is 0 Å². The normalized spacial score (nSPS) is 17.5. The molecule has 0 N–H and O–H groups in total. The van der Waals surface area contributed by atoms with Gasteiger partial charge in [-0.05, 0) is 6.92 Å². The molecule has 4 nitrogen and oxygen atoms in total. The number of carbonyl (C=O) groups excluding carboxylic acids is 1. The third-order valence-corrected chi connectivity index (χ3v) is 4.08. The first-order valence-corrected chi connectivity index (χ1v) is 4.72. The summed E-state index contributed by atoms with van der Waals surface area (Å²) in [5.74, 6) is 0. The minimum Gasteiger partial charge on any atom is -0.310 e. The summed E-state index contributed by atoms with van der Waals surface area (Å²) < 4.78 is 18.8. The van der Waals surface area contributed by atoms with E-state index in [2.05, 4.69) is 9.05 Å². The molecule has 0 amide bonds. The summed E-state index contributed by atoms with van der Waals surface area (Å²) in [6.07, 6.45) is 0.336. The highest BCUT2D eigenvalue weighted by atomic mass is 35.5. The van der Waals surface area contributed by atoms with Crippen LogP contribution in [0.1, 0.15) is 6.92 Å². The summed E-state index contributed by atoms with van der Waals surface area (Å²) in [5, 5.41) is 0. The van der Waals surface area contributed by atoms with Crippen LogP contribution in [0.25, 0.3) is 0 Å². The molecule has 0 fully saturated rings. The van der Waals surface area contributed by atoms with Crippen LogP contribution in [0.3, 0.4) is 0 Å². The lowest BCUT2D eigenvalue weighted by Gasteiger charge is -2.22. The molecule has 0 aliphatic carbocycles. The van der Waals surface area contributed by atoms with Crippen molar-refractivity contribution in [3.63, 3.8) is 0 Å². The van der Waals surface area contributed by atoms with Crippen LogP contribution >= 0.6 is 19.2 Å². The van der Waals surface area contributed by atoms with Gasteiger partial charge < -0.3 is 13.8 Å². The molecule has 0 aliphatic heterocycles. The molecular formula is C5H10ClO4P. The van der Waals surface area contributed by atoms with E-state index < -0.39 is 12.2 Å². The second-order valence-corrected chi connectivity index (χ2v) is 5.71. The van der Waals surface area contributed by atoms with E-state index in [-0.39, 0.29) is 0 Å². The average Bonchev–Trinajstić information content (AvgIpc) is 2.02. The molecular weight excluding hydrogens is 190 g/mol. The lowest BCUT2D eigenvalue weighted by atomic mass is 10.5. The lowest BCUT2D eigenvalue weighted by Crippen LogP contribution is -2.20. The van der Waals surface area contributed by atoms with Gasteiger partial charge in [0, 0.05) is 14.2 Å². The first-order valence-electron chi connectivity index (χ1n) is 2.80. The van der Waals surface area contributed by atoms with Gasteiger partial charge >= 0.3 is 7.60 Å². The first kappa shape index (κ1) is 11.1. The molecule has 1 unspecified atom stereocenters. The standard InChI is InChI=1S/C5H10ClO4P/c1-5(6,4-7)11(8,9-2)10-3/h4H,1-3H3. The van der Waals surface area contributed by atoms with Crippen molar-refractivity contribution in [3.8, 4) is 0 Å². The predicted octanol–water partition coefficient (Wildman–Crippen LogP) is 1.63. The zero-order chi connectivity index (χ0) is 9.12. The molecule has 0 radical (unpaired) electrons. The van der Waals surface area contributed by atoms with Crippen molar-refractivity contribution < 1.29 is 18.4 Å². The molecule has 0 saturated carbocycles. The van der Waals surface area contributed by atoms with Gasteiger partial charge in [0.05, 0.1) is 0 Å². The van der Waals surface area contributed by atoms with Gasteiger partial charge in [-0.15, -0.1) is 0 Å². The molecule has 0 heterocycles. The van der Waals surface area contributed by atoms with Gasteiger partial charge in [0.25, 0.3) is 0 Å². The molecule has 0 saturated heterocycles. The molecule has 1 atom stereocenters. The Kier molecular flexibility index (Phi) is 3.71. The van der Waals surface area contributed by atoms with E-state index in [0.717, 1.165) is 0 Å². The SMILES string of the molecule is COP(=O)(OC)C(C)(Cl)C=O. The molecule has 0 aliphatic rings. The maximum atomic E-state index is 11.4. The maximum Gasteiger partial charge on any atom is 0.357 e. The Hall–Kier alpha value is 0.110. The Morgan fingerprint density at radius 1 is 1.45 bits per heavy atom. The monoisotopic (exact) mass is 200 g/mol.